The molecule has 1 atom stereocenters. The van der Waals surface area contributed by atoms with Gasteiger partial charge in [-0.15, -0.1) is 24.0 Å². The van der Waals surface area contributed by atoms with Crippen molar-refractivity contribution in [3.63, 3.8) is 0 Å². The minimum absolute atomic E-state index is 0. The molecule has 1 aliphatic heterocycles. The van der Waals surface area contributed by atoms with Crippen LogP contribution in [0.4, 0.5) is 4.79 Å². The van der Waals surface area contributed by atoms with Gasteiger partial charge in [0.05, 0.1) is 6.61 Å². The molecule has 0 aliphatic carbocycles. The van der Waals surface area contributed by atoms with E-state index in [1.807, 2.05) is 20.8 Å². The van der Waals surface area contributed by atoms with E-state index >= 15 is 0 Å². The molecule has 2 N–H and O–H groups in total. The van der Waals surface area contributed by atoms with E-state index in [0.717, 1.165) is 12.8 Å². The summed E-state index contributed by atoms with van der Waals surface area (Å²) in [6.07, 6.45) is 1.48. The number of piperidine rings is 1. The third-order valence-electron chi connectivity index (χ3n) is 3.88. The number of ether oxygens (including phenoxy) is 2. The lowest BCUT2D eigenvalue weighted by Gasteiger charge is -2.35. The lowest BCUT2D eigenvalue weighted by molar-refractivity contribution is -0.127. The van der Waals surface area contributed by atoms with Crippen molar-refractivity contribution in [1.82, 2.24) is 20.4 Å². The number of hydrogen-bond acceptors (Lipinski definition) is 5. The number of nitrogens with one attached hydrogen (secondary N) is 2. The van der Waals surface area contributed by atoms with Crippen LogP contribution in [0.1, 0.15) is 33.6 Å². The fraction of sp³-hybridized carbons (Fsp3) is 0.833. The first kappa shape index (κ1) is 26.7. The van der Waals surface area contributed by atoms with E-state index in [1.54, 1.807) is 26.1 Å². The fourth-order valence-electron chi connectivity index (χ4n) is 2.49. The number of halogens is 1. The summed E-state index contributed by atoms with van der Waals surface area (Å²) in [4.78, 5) is 31.7. The average Bonchev–Trinajstić information content (AvgIpc) is 2.58. The SMILES string of the molecule is COCCNC(=NCC(=O)N(C)C)NC1CCCN(C(=O)OC(C)(C)C)C1.I. The molecule has 0 aromatic carbocycles. The normalized spacial score (nSPS) is 17.4. The molecule has 10 heteroatoms. The van der Waals surface area contributed by atoms with E-state index in [1.165, 1.54) is 4.90 Å². The Hall–Kier alpha value is -1.30. The van der Waals surface area contributed by atoms with Crippen LogP contribution in [0.5, 0.6) is 0 Å². The molecule has 0 bridgehead atoms. The van der Waals surface area contributed by atoms with E-state index in [9.17, 15) is 9.59 Å². The van der Waals surface area contributed by atoms with Crippen LogP contribution in [0.25, 0.3) is 0 Å². The van der Waals surface area contributed by atoms with Gasteiger partial charge in [-0.25, -0.2) is 9.79 Å². The number of guanidine groups is 1. The number of aliphatic imine (C=N–C) groups is 1. The number of rotatable bonds is 6. The van der Waals surface area contributed by atoms with Crippen LogP contribution in [-0.2, 0) is 14.3 Å². The molecule has 1 aliphatic rings. The van der Waals surface area contributed by atoms with Crippen molar-refractivity contribution in [3.05, 3.63) is 0 Å². The third-order valence-corrected chi connectivity index (χ3v) is 3.88. The Labute approximate surface area is 185 Å². The van der Waals surface area contributed by atoms with Gasteiger partial charge >= 0.3 is 6.09 Å². The Balaban J connectivity index is 0.00000729. The number of likely N-dealkylation sites (tertiary alicyclic amines) is 1. The molecule has 0 radical (unpaired) electrons. The third kappa shape index (κ3) is 10.9. The lowest BCUT2D eigenvalue weighted by atomic mass is 10.1. The monoisotopic (exact) mass is 513 g/mol. The highest BCUT2D eigenvalue weighted by Crippen LogP contribution is 2.15. The Morgan fingerprint density at radius 1 is 1.29 bits per heavy atom. The predicted octanol–water partition coefficient (Wildman–Crippen LogP) is 1.27. The van der Waals surface area contributed by atoms with Gasteiger partial charge in [0, 0.05) is 46.9 Å². The molecule has 0 aromatic heterocycles. The molecule has 164 valence electrons. The van der Waals surface area contributed by atoms with Crippen LogP contribution >= 0.6 is 24.0 Å². The number of carbonyl (C=O) groups excluding carboxylic acids is 2. The maximum atomic E-state index is 12.3. The van der Waals surface area contributed by atoms with E-state index in [-0.39, 0.29) is 48.6 Å². The van der Waals surface area contributed by atoms with Gasteiger partial charge in [0.2, 0.25) is 5.91 Å². The number of nitrogens with zero attached hydrogens (tertiary/aromatic N) is 3. The maximum absolute atomic E-state index is 12.3. The minimum atomic E-state index is -0.516. The first-order valence-electron chi connectivity index (χ1n) is 9.34. The molecule has 2 amide bonds. The molecule has 1 fully saturated rings. The second kappa shape index (κ2) is 13.0. The van der Waals surface area contributed by atoms with Crippen LogP contribution in [0, 0.1) is 0 Å². The molecular weight excluding hydrogens is 477 g/mol. The molecular formula is C18H36IN5O4. The zero-order valence-corrected chi connectivity index (χ0v) is 20.2. The van der Waals surface area contributed by atoms with Crippen molar-refractivity contribution < 1.29 is 19.1 Å². The Bertz CT molecular complexity index is 523. The number of amides is 2. The van der Waals surface area contributed by atoms with Crippen molar-refractivity contribution in [3.8, 4) is 0 Å². The molecule has 1 unspecified atom stereocenters. The van der Waals surface area contributed by atoms with Gasteiger partial charge < -0.3 is 29.9 Å². The topological polar surface area (TPSA) is 95.5 Å². The van der Waals surface area contributed by atoms with Crippen LogP contribution in [0.15, 0.2) is 4.99 Å². The van der Waals surface area contributed by atoms with Gasteiger partial charge in [0.15, 0.2) is 5.96 Å². The fourth-order valence-corrected chi connectivity index (χ4v) is 2.49. The number of likely N-dealkylation sites (N-methyl/N-ethyl adjacent to an activating group) is 1. The van der Waals surface area contributed by atoms with Crippen molar-refractivity contribution in [2.24, 2.45) is 4.99 Å². The molecule has 9 nitrogen and oxygen atoms in total. The largest absolute Gasteiger partial charge is 0.444 e. The predicted molar refractivity (Wildman–Crippen MR) is 120 cm³/mol. The molecule has 0 aromatic rings. The van der Waals surface area contributed by atoms with Crippen molar-refractivity contribution >= 4 is 41.9 Å². The van der Waals surface area contributed by atoms with Crippen molar-refractivity contribution in [2.75, 3.05) is 54.0 Å². The Morgan fingerprint density at radius 2 is 1.96 bits per heavy atom. The number of hydrogen-bond donors (Lipinski definition) is 2. The zero-order valence-electron chi connectivity index (χ0n) is 17.9. The molecule has 1 rings (SSSR count). The second-order valence-electron chi connectivity index (χ2n) is 7.78. The molecule has 1 saturated heterocycles. The highest BCUT2D eigenvalue weighted by Gasteiger charge is 2.28. The van der Waals surface area contributed by atoms with Crippen LogP contribution in [0.3, 0.4) is 0 Å². The highest BCUT2D eigenvalue weighted by atomic mass is 127. The van der Waals surface area contributed by atoms with Gasteiger partial charge in [-0.3, -0.25) is 4.79 Å². The van der Waals surface area contributed by atoms with Gasteiger partial charge in [0.1, 0.15) is 12.1 Å². The molecule has 28 heavy (non-hydrogen) atoms. The van der Waals surface area contributed by atoms with E-state index in [2.05, 4.69) is 15.6 Å². The lowest BCUT2D eigenvalue weighted by Crippen LogP contribution is -2.53. The number of carbonyl (C=O) groups is 2. The smallest absolute Gasteiger partial charge is 0.410 e. The quantitative estimate of drug-likeness (QED) is 0.241. The second-order valence-corrected chi connectivity index (χ2v) is 7.78. The summed E-state index contributed by atoms with van der Waals surface area (Å²) >= 11 is 0. The minimum Gasteiger partial charge on any atom is -0.444 e. The van der Waals surface area contributed by atoms with Crippen LogP contribution < -0.4 is 10.6 Å². The van der Waals surface area contributed by atoms with E-state index in [0.29, 0.717) is 32.2 Å². The molecule has 0 spiro atoms. The van der Waals surface area contributed by atoms with E-state index in [4.69, 9.17) is 9.47 Å². The summed E-state index contributed by atoms with van der Waals surface area (Å²) in [5, 5.41) is 6.47. The average molecular weight is 513 g/mol. The maximum Gasteiger partial charge on any atom is 0.410 e. The first-order chi connectivity index (χ1) is 12.6. The van der Waals surface area contributed by atoms with Crippen molar-refractivity contribution in [1.29, 1.82) is 0 Å². The summed E-state index contributed by atoms with van der Waals surface area (Å²) in [6.45, 7) is 7.93. The van der Waals surface area contributed by atoms with Gasteiger partial charge in [-0.2, -0.15) is 0 Å². The highest BCUT2D eigenvalue weighted by molar-refractivity contribution is 14.0. The number of methoxy groups -OCH3 is 1. The Kier molecular flexibility index (Phi) is 12.4. The van der Waals surface area contributed by atoms with Crippen molar-refractivity contribution in [2.45, 2.75) is 45.3 Å². The zero-order chi connectivity index (χ0) is 20.4. The summed E-state index contributed by atoms with van der Waals surface area (Å²) in [6, 6.07) is 0.0366. The van der Waals surface area contributed by atoms with Gasteiger partial charge in [-0.1, -0.05) is 0 Å². The summed E-state index contributed by atoms with van der Waals surface area (Å²) in [7, 11) is 5.02. The summed E-state index contributed by atoms with van der Waals surface area (Å²) in [5.41, 5.74) is -0.516. The molecule has 0 saturated carbocycles. The van der Waals surface area contributed by atoms with Crippen LogP contribution in [0.2, 0.25) is 0 Å². The van der Waals surface area contributed by atoms with E-state index < -0.39 is 5.60 Å². The summed E-state index contributed by atoms with van der Waals surface area (Å²) in [5.74, 6) is 0.458. The standard InChI is InChI=1S/C18H35N5O4.HI/c1-18(2,3)27-17(25)23-10-7-8-14(13-23)21-16(19-9-11-26-6)20-12-15(24)22(4)5;/h14H,7-13H2,1-6H3,(H2,19,20,21);1H. The van der Waals surface area contributed by atoms with Gasteiger partial charge in [0.25, 0.3) is 0 Å². The van der Waals surface area contributed by atoms with Crippen LogP contribution in [-0.4, -0.2) is 93.4 Å². The summed E-state index contributed by atoms with van der Waals surface area (Å²) < 4.78 is 10.5. The molecule has 1 heterocycles. The van der Waals surface area contributed by atoms with Gasteiger partial charge in [-0.05, 0) is 33.6 Å². The first-order valence-corrected chi connectivity index (χ1v) is 9.34. The Morgan fingerprint density at radius 3 is 2.54 bits per heavy atom.